The molecule has 3 nitrogen and oxygen atoms in total. The lowest BCUT2D eigenvalue weighted by molar-refractivity contribution is 0.0802. The number of hydrogen-bond acceptors (Lipinski definition) is 2. The lowest BCUT2D eigenvalue weighted by Gasteiger charge is -2.14. The van der Waals surface area contributed by atoms with E-state index in [1.54, 1.807) is 24.1 Å². The standard InChI is InChI=1S/C10H13ClN2O/c1-4-13(3)10(14)8-6-5-7(2)12-9(8)11/h5-6H,4H2,1-3H3. The van der Waals surface area contributed by atoms with E-state index in [1.807, 2.05) is 13.8 Å². The Kier molecular flexibility index (Phi) is 3.47. The Labute approximate surface area is 88.7 Å². The first-order valence-electron chi connectivity index (χ1n) is 4.45. The molecule has 0 spiro atoms. The van der Waals surface area contributed by atoms with Gasteiger partial charge in [0.15, 0.2) is 0 Å². The predicted octanol–water partition coefficient (Wildman–Crippen LogP) is 2.14. The molecule has 0 saturated carbocycles. The highest BCUT2D eigenvalue weighted by Crippen LogP contribution is 2.15. The predicted molar refractivity (Wildman–Crippen MR) is 56.6 cm³/mol. The van der Waals surface area contributed by atoms with Gasteiger partial charge >= 0.3 is 0 Å². The molecular formula is C10H13ClN2O. The number of halogens is 1. The molecule has 0 aliphatic rings. The average molecular weight is 213 g/mol. The molecule has 0 bridgehead atoms. The lowest BCUT2D eigenvalue weighted by atomic mass is 10.2. The highest BCUT2D eigenvalue weighted by Gasteiger charge is 2.14. The fourth-order valence-electron chi connectivity index (χ4n) is 1.03. The van der Waals surface area contributed by atoms with Crippen LogP contribution in [0.2, 0.25) is 5.15 Å². The Balaban J connectivity index is 3.02. The molecule has 0 aliphatic carbocycles. The number of aryl methyl sites for hydroxylation is 1. The quantitative estimate of drug-likeness (QED) is 0.704. The number of carbonyl (C=O) groups is 1. The van der Waals surface area contributed by atoms with Crippen molar-refractivity contribution in [3.63, 3.8) is 0 Å². The molecule has 14 heavy (non-hydrogen) atoms. The van der Waals surface area contributed by atoms with Crippen molar-refractivity contribution in [1.29, 1.82) is 0 Å². The Morgan fingerprint density at radius 1 is 1.57 bits per heavy atom. The molecule has 0 aliphatic heterocycles. The summed E-state index contributed by atoms with van der Waals surface area (Å²) in [7, 11) is 1.73. The minimum absolute atomic E-state index is 0.0926. The van der Waals surface area contributed by atoms with Gasteiger partial charge in [-0.15, -0.1) is 0 Å². The van der Waals surface area contributed by atoms with Crippen LogP contribution in [0, 0.1) is 6.92 Å². The summed E-state index contributed by atoms with van der Waals surface area (Å²) in [4.78, 5) is 17.3. The van der Waals surface area contributed by atoms with Gasteiger partial charge in [0.2, 0.25) is 0 Å². The van der Waals surface area contributed by atoms with Gasteiger partial charge in [0.25, 0.3) is 5.91 Å². The van der Waals surface area contributed by atoms with Crippen molar-refractivity contribution in [3.05, 3.63) is 28.5 Å². The molecule has 0 aromatic carbocycles. The van der Waals surface area contributed by atoms with Gasteiger partial charge in [0, 0.05) is 19.3 Å². The van der Waals surface area contributed by atoms with Crippen molar-refractivity contribution < 1.29 is 4.79 Å². The van der Waals surface area contributed by atoms with E-state index in [0.29, 0.717) is 12.1 Å². The Hall–Kier alpha value is -1.09. The van der Waals surface area contributed by atoms with E-state index in [-0.39, 0.29) is 11.1 Å². The molecule has 0 unspecified atom stereocenters. The highest BCUT2D eigenvalue weighted by molar-refractivity contribution is 6.32. The number of carbonyl (C=O) groups excluding carboxylic acids is 1. The van der Waals surface area contributed by atoms with Gasteiger partial charge in [-0.25, -0.2) is 4.98 Å². The molecule has 1 aromatic heterocycles. The van der Waals surface area contributed by atoms with Crippen molar-refractivity contribution in [2.75, 3.05) is 13.6 Å². The summed E-state index contributed by atoms with van der Waals surface area (Å²) in [5.74, 6) is -0.0926. The third-order valence-electron chi connectivity index (χ3n) is 2.04. The van der Waals surface area contributed by atoms with Crippen molar-refractivity contribution in [2.24, 2.45) is 0 Å². The molecule has 0 radical (unpaired) electrons. The van der Waals surface area contributed by atoms with Crippen LogP contribution in [-0.2, 0) is 0 Å². The first-order valence-corrected chi connectivity index (χ1v) is 4.82. The minimum Gasteiger partial charge on any atom is -0.342 e. The Morgan fingerprint density at radius 3 is 2.71 bits per heavy atom. The molecule has 1 aromatic rings. The molecule has 1 amide bonds. The third kappa shape index (κ3) is 2.23. The number of rotatable bonds is 2. The molecule has 1 heterocycles. The molecular weight excluding hydrogens is 200 g/mol. The average Bonchev–Trinajstić information content (AvgIpc) is 2.15. The van der Waals surface area contributed by atoms with Gasteiger partial charge in [-0.2, -0.15) is 0 Å². The van der Waals surface area contributed by atoms with Gasteiger partial charge in [-0.05, 0) is 26.0 Å². The first-order chi connectivity index (χ1) is 6.56. The zero-order valence-electron chi connectivity index (χ0n) is 8.54. The van der Waals surface area contributed by atoms with Crippen LogP contribution in [0.4, 0.5) is 0 Å². The summed E-state index contributed by atoms with van der Waals surface area (Å²) in [5.41, 5.74) is 1.27. The molecule has 0 saturated heterocycles. The Bertz CT molecular complexity index is 352. The van der Waals surface area contributed by atoms with Crippen LogP contribution in [0.1, 0.15) is 23.0 Å². The SMILES string of the molecule is CCN(C)C(=O)c1ccc(C)nc1Cl. The zero-order chi connectivity index (χ0) is 10.7. The minimum atomic E-state index is -0.0926. The normalized spacial score (nSPS) is 10.0. The smallest absolute Gasteiger partial charge is 0.256 e. The van der Waals surface area contributed by atoms with Crippen molar-refractivity contribution in [2.45, 2.75) is 13.8 Å². The highest BCUT2D eigenvalue weighted by atomic mass is 35.5. The lowest BCUT2D eigenvalue weighted by Crippen LogP contribution is -2.26. The van der Waals surface area contributed by atoms with Gasteiger partial charge in [0.1, 0.15) is 5.15 Å². The van der Waals surface area contributed by atoms with E-state index < -0.39 is 0 Å². The van der Waals surface area contributed by atoms with E-state index in [0.717, 1.165) is 5.69 Å². The molecule has 0 N–H and O–H groups in total. The monoisotopic (exact) mass is 212 g/mol. The largest absolute Gasteiger partial charge is 0.342 e. The number of hydrogen-bond donors (Lipinski definition) is 0. The Morgan fingerprint density at radius 2 is 2.21 bits per heavy atom. The van der Waals surface area contributed by atoms with Crippen LogP contribution in [0.15, 0.2) is 12.1 Å². The number of nitrogens with zero attached hydrogens (tertiary/aromatic N) is 2. The fraction of sp³-hybridized carbons (Fsp3) is 0.400. The zero-order valence-corrected chi connectivity index (χ0v) is 9.30. The second-order valence-electron chi connectivity index (χ2n) is 3.11. The molecule has 4 heteroatoms. The van der Waals surface area contributed by atoms with E-state index in [4.69, 9.17) is 11.6 Å². The summed E-state index contributed by atoms with van der Waals surface area (Å²) in [6.07, 6.45) is 0. The molecule has 76 valence electrons. The van der Waals surface area contributed by atoms with Gasteiger partial charge in [0.05, 0.1) is 5.56 Å². The molecule has 0 atom stereocenters. The van der Waals surface area contributed by atoms with Crippen LogP contribution < -0.4 is 0 Å². The molecule has 0 fully saturated rings. The van der Waals surface area contributed by atoms with Crippen LogP contribution in [0.5, 0.6) is 0 Å². The fourth-order valence-corrected chi connectivity index (χ4v) is 1.31. The summed E-state index contributed by atoms with van der Waals surface area (Å²) >= 11 is 5.87. The number of pyridine rings is 1. The summed E-state index contributed by atoms with van der Waals surface area (Å²) < 4.78 is 0. The summed E-state index contributed by atoms with van der Waals surface area (Å²) in [6.45, 7) is 4.40. The van der Waals surface area contributed by atoms with Gasteiger partial charge in [-0.1, -0.05) is 11.6 Å². The maximum absolute atomic E-state index is 11.7. The molecule has 1 rings (SSSR count). The maximum atomic E-state index is 11.7. The summed E-state index contributed by atoms with van der Waals surface area (Å²) in [6, 6.07) is 3.49. The van der Waals surface area contributed by atoms with E-state index >= 15 is 0 Å². The second kappa shape index (κ2) is 4.42. The van der Waals surface area contributed by atoms with Crippen LogP contribution in [0.25, 0.3) is 0 Å². The van der Waals surface area contributed by atoms with Gasteiger partial charge in [-0.3, -0.25) is 4.79 Å². The van der Waals surface area contributed by atoms with E-state index in [2.05, 4.69) is 4.98 Å². The van der Waals surface area contributed by atoms with Crippen LogP contribution in [-0.4, -0.2) is 29.4 Å². The van der Waals surface area contributed by atoms with Crippen LogP contribution in [0.3, 0.4) is 0 Å². The first kappa shape index (κ1) is 11.0. The third-order valence-corrected chi connectivity index (χ3v) is 2.33. The number of amides is 1. The van der Waals surface area contributed by atoms with Gasteiger partial charge < -0.3 is 4.90 Å². The van der Waals surface area contributed by atoms with Crippen molar-refractivity contribution in [1.82, 2.24) is 9.88 Å². The maximum Gasteiger partial charge on any atom is 0.256 e. The van der Waals surface area contributed by atoms with E-state index in [9.17, 15) is 4.79 Å². The topological polar surface area (TPSA) is 33.2 Å². The van der Waals surface area contributed by atoms with Crippen molar-refractivity contribution in [3.8, 4) is 0 Å². The second-order valence-corrected chi connectivity index (χ2v) is 3.47. The van der Waals surface area contributed by atoms with E-state index in [1.165, 1.54) is 0 Å². The summed E-state index contributed by atoms with van der Waals surface area (Å²) in [5, 5.41) is 0.273. The van der Waals surface area contributed by atoms with Crippen molar-refractivity contribution >= 4 is 17.5 Å². The van der Waals surface area contributed by atoms with Crippen LogP contribution >= 0.6 is 11.6 Å². The number of aromatic nitrogens is 1.